The number of hydrogen-bond donors (Lipinski definition) is 0. The van der Waals surface area contributed by atoms with Gasteiger partial charge in [0, 0.05) is 0 Å². The zero-order valence-electron chi connectivity index (χ0n) is 14.2. The van der Waals surface area contributed by atoms with Crippen LogP contribution < -0.4 is 0 Å². The molecule has 174 valence electrons. The van der Waals surface area contributed by atoms with Gasteiger partial charge in [-0.1, -0.05) is 6.92 Å². The lowest BCUT2D eigenvalue weighted by Crippen LogP contribution is -2.57. The molecule has 0 aliphatic carbocycles. The van der Waals surface area contributed by atoms with Gasteiger partial charge >= 0.3 is 42.0 Å². The van der Waals surface area contributed by atoms with E-state index in [-0.39, 0.29) is 6.92 Å². The summed E-state index contributed by atoms with van der Waals surface area (Å²) in [6, 6.07) is 0. The monoisotopic (exact) mass is 466 g/mol. The van der Waals surface area contributed by atoms with Crippen molar-refractivity contribution in [2.45, 2.75) is 62.7 Å². The van der Waals surface area contributed by atoms with Crippen LogP contribution in [0.1, 0.15) is 26.7 Å². The Hall–Kier alpha value is -1.51. The molecule has 29 heavy (non-hydrogen) atoms. The first-order valence-electron chi connectivity index (χ1n) is 7.21. The highest BCUT2D eigenvalue weighted by molar-refractivity contribution is 5.77. The lowest BCUT2D eigenvalue weighted by atomic mass is 9.87. The van der Waals surface area contributed by atoms with Gasteiger partial charge in [-0.25, -0.2) is 0 Å². The molecule has 0 aliphatic rings. The van der Waals surface area contributed by atoms with E-state index in [2.05, 4.69) is 4.74 Å². The summed E-state index contributed by atoms with van der Waals surface area (Å²) in [5.41, 5.74) is -3.47. The Morgan fingerprint density at radius 2 is 1.10 bits per heavy atom. The van der Waals surface area contributed by atoms with Crippen molar-refractivity contribution in [1.82, 2.24) is 0 Å². The van der Waals surface area contributed by atoms with Crippen molar-refractivity contribution in [3.8, 4) is 0 Å². The van der Waals surface area contributed by atoms with Crippen LogP contribution in [-0.4, -0.2) is 48.6 Å². The fraction of sp³-hybridized carbons (Fsp3) is 0.923. The normalized spacial score (nSPS) is 17.1. The summed E-state index contributed by atoms with van der Waals surface area (Å²) in [6.07, 6.45) is -17.6. The highest BCUT2D eigenvalue weighted by atomic mass is 19.4. The molecule has 0 amide bonds. The highest BCUT2D eigenvalue weighted by Gasteiger charge is 2.76. The maximum Gasteiger partial charge on any atom is 0.459 e. The van der Waals surface area contributed by atoms with Gasteiger partial charge in [0.25, 0.3) is 0 Å². The lowest BCUT2D eigenvalue weighted by molar-refractivity contribution is -0.371. The molecule has 0 heterocycles. The zero-order valence-corrected chi connectivity index (χ0v) is 14.2. The van der Waals surface area contributed by atoms with Gasteiger partial charge in [-0.05, 0) is 13.3 Å². The number of esters is 1. The minimum absolute atomic E-state index is 0.143. The van der Waals surface area contributed by atoms with Gasteiger partial charge in [-0.2, -0.15) is 61.5 Å². The smallest absolute Gasteiger partial charge is 0.458 e. The summed E-state index contributed by atoms with van der Waals surface area (Å²) in [7, 11) is 0. The molecule has 0 aromatic heterocycles. The van der Waals surface area contributed by atoms with Crippen LogP contribution in [0.25, 0.3) is 0 Å². The quantitative estimate of drug-likeness (QED) is 0.324. The van der Waals surface area contributed by atoms with Gasteiger partial charge in [-0.15, -0.1) is 0 Å². The lowest BCUT2D eigenvalue weighted by Gasteiger charge is -2.34. The van der Waals surface area contributed by atoms with Crippen molar-refractivity contribution in [2.75, 3.05) is 6.61 Å². The summed E-state index contributed by atoms with van der Waals surface area (Å²) < 4.78 is 182. The summed E-state index contributed by atoms with van der Waals surface area (Å²) in [4.78, 5) is 11.4. The third-order valence-electron chi connectivity index (χ3n) is 3.96. The summed E-state index contributed by atoms with van der Waals surface area (Å²) in [6.45, 7) is -2.11. The third-order valence-corrected chi connectivity index (χ3v) is 3.96. The van der Waals surface area contributed by atoms with Crippen molar-refractivity contribution in [3.05, 3.63) is 0 Å². The average molecular weight is 466 g/mol. The van der Waals surface area contributed by atoms with E-state index >= 15 is 0 Å². The van der Waals surface area contributed by atoms with Crippen molar-refractivity contribution in [1.29, 1.82) is 0 Å². The van der Waals surface area contributed by atoms with Gasteiger partial charge in [-0.3, -0.25) is 4.79 Å². The van der Waals surface area contributed by atoms with Gasteiger partial charge < -0.3 is 4.74 Å². The zero-order chi connectivity index (χ0) is 23.9. The van der Waals surface area contributed by atoms with E-state index in [0.29, 0.717) is 0 Å². The molecule has 0 N–H and O–H groups in total. The molecule has 0 fully saturated rings. The Balaban J connectivity index is 5.57. The Morgan fingerprint density at radius 3 is 1.41 bits per heavy atom. The number of hydrogen-bond acceptors (Lipinski definition) is 2. The minimum Gasteiger partial charge on any atom is -0.458 e. The molecule has 0 bridgehead atoms. The molecular weight excluding hydrogens is 454 g/mol. The largest absolute Gasteiger partial charge is 0.459 e. The predicted octanol–water partition coefficient (Wildman–Crippen LogP) is 6.00. The molecule has 16 heteroatoms. The Bertz CT molecular complexity index is 591. The maximum atomic E-state index is 13.4. The Labute approximate surface area is 153 Å². The van der Waals surface area contributed by atoms with Gasteiger partial charge in [0.15, 0.2) is 12.0 Å². The second-order valence-electron chi connectivity index (χ2n) is 6.12. The number of carbonyl (C=O) groups excluding carboxylic acids is 1. The van der Waals surface area contributed by atoms with E-state index < -0.39 is 66.9 Å². The van der Waals surface area contributed by atoms with Crippen molar-refractivity contribution < 1.29 is 71.0 Å². The fourth-order valence-corrected chi connectivity index (χ4v) is 1.61. The first-order valence-corrected chi connectivity index (χ1v) is 7.21. The molecular formula is C13H12F14O2. The third kappa shape index (κ3) is 5.16. The van der Waals surface area contributed by atoms with E-state index in [0.717, 1.165) is 6.92 Å². The second-order valence-corrected chi connectivity index (χ2v) is 6.12. The van der Waals surface area contributed by atoms with Crippen LogP contribution in [0.5, 0.6) is 0 Å². The van der Waals surface area contributed by atoms with Crippen molar-refractivity contribution >= 4 is 5.97 Å². The van der Waals surface area contributed by atoms with Crippen LogP contribution in [0.4, 0.5) is 61.5 Å². The molecule has 0 rings (SSSR count). The van der Waals surface area contributed by atoms with E-state index in [9.17, 15) is 66.3 Å². The molecule has 1 atom stereocenters. The fourth-order valence-electron chi connectivity index (χ4n) is 1.61. The van der Waals surface area contributed by atoms with Gasteiger partial charge in [0.05, 0.1) is 6.42 Å². The van der Waals surface area contributed by atoms with E-state index in [4.69, 9.17) is 0 Å². The van der Waals surface area contributed by atoms with Crippen LogP contribution in [0.15, 0.2) is 0 Å². The molecule has 0 spiro atoms. The first-order chi connectivity index (χ1) is 12.4. The topological polar surface area (TPSA) is 26.3 Å². The standard InChI is InChI=1S/C13H12F14O2/c1-3-7(2,12(22,23)24)6(28)29-5-10(18,19)8(14,15)4-9(16,17)11(20,21)13(25,26)27/h3-5H2,1-2H3. The number of carbonyl (C=O) groups is 1. The van der Waals surface area contributed by atoms with E-state index in [1.807, 2.05) is 0 Å². The maximum absolute atomic E-state index is 13.4. The molecule has 0 saturated heterocycles. The number of halogens is 14. The van der Waals surface area contributed by atoms with Crippen LogP contribution in [0.2, 0.25) is 0 Å². The first kappa shape index (κ1) is 27.5. The molecule has 0 saturated carbocycles. The summed E-state index contributed by atoms with van der Waals surface area (Å²) >= 11 is 0. The number of alkyl halides is 14. The van der Waals surface area contributed by atoms with Crippen LogP contribution in [0.3, 0.4) is 0 Å². The van der Waals surface area contributed by atoms with Crippen molar-refractivity contribution in [3.63, 3.8) is 0 Å². The Morgan fingerprint density at radius 1 is 0.690 bits per heavy atom. The average Bonchev–Trinajstić information content (AvgIpc) is 2.48. The van der Waals surface area contributed by atoms with Crippen LogP contribution in [-0.2, 0) is 9.53 Å². The number of ether oxygens (including phenoxy) is 1. The van der Waals surface area contributed by atoms with Crippen molar-refractivity contribution in [2.24, 2.45) is 5.41 Å². The molecule has 2 nitrogen and oxygen atoms in total. The van der Waals surface area contributed by atoms with E-state index in [1.54, 1.807) is 0 Å². The Kier molecular flexibility index (Phi) is 7.23. The second kappa shape index (κ2) is 7.63. The summed E-state index contributed by atoms with van der Waals surface area (Å²) in [5.74, 6) is -28.7. The van der Waals surface area contributed by atoms with E-state index in [1.165, 1.54) is 0 Å². The molecule has 0 aromatic rings. The molecule has 0 aliphatic heterocycles. The molecule has 0 radical (unpaired) electrons. The van der Waals surface area contributed by atoms with Gasteiger partial charge in [0.2, 0.25) is 0 Å². The summed E-state index contributed by atoms with van der Waals surface area (Å²) in [5, 5.41) is 0. The SMILES string of the molecule is CCC(C)(C(=O)OCC(F)(F)C(F)(F)CC(F)(F)C(F)(F)C(F)(F)F)C(F)(F)F. The molecule has 0 aromatic carbocycles. The van der Waals surface area contributed by atoms with Gasteiger partial charge in [0.1, 0.15) is 0 Å². The highest BCUT2D eigenvalue weighted by Crippen LogP contribution is 2.53. The molecule has 1 unspecified atom stereocenters. The van der Waals surface area contributed by atoms with Crippen LogP contribution in [0, 0.1) is 5.41 Å². The van der Waals surface area contributed by atoms with Crippen LogP contribution >= 0.6 is 0 Å². The number of rotatable bonds is 8. The predicted molar refractivity (Wildman–Crippen MR) is 65.9 cm³/mol. The minimum atomic E-state index is -7.13.